The standard InChI is InChI=1S/C19H23N3O2/c1-10-17(22-18(20-10)21-11(2)23)16-15(19(16,3)4)13-6-5-7-14-12(13)8-9-24-14/h5-7,15-16H,8-9H2,1-4H3,(H2,20,21,22,23)/t15-,16+/m1/s1. The van der Waals surface area contributed by atoms with Crippen LogP contribution in [0.25, 0.3) is 0 Å². The summed E-state index contributed by atoms with van der Waals surface area (Å²) in [5.74, 6) is 2.24. The molecule has 0 unspecified atom stereocenters. The number of imidazole rings is 1. The minimum atomic E-state index is -0.111. The third-order valence-electron chi connectivity index (χ3n) is 5.45. The number of benzene rings is 1. The molecule has 1 aromatic heterocycles. The minimum Gasteiger partial charge on any atom is -0.493 e. The Bertz CT molecular complexity index is 822. The summed E-state index contributed by atoms with van der Waals surface area (Å²) in [6, 6.07) is 6.38. The van der Waals surface area contributed by atoms with Crippen molar-refractivity contribution in [3.63, 3.8) is 0 Å². The molecule has 1 fully saturated rings. The van der Waals surface area contributed by atoms with E-state index in [1.165, 1.54) is 18.1 Å². The second kappa shape index (κ2) is 5.10. The quantitative estimate of drug-likeness (QED) is 0.907. The molecule has 4 rings (SSSR count). The van der Waals surface area contributed by atoms with Gasteiger partial charge in [-0.15, -0.1) is 0 Å². The molecule has 24 heavy (non-hydrogen) atoms. The molecule has 0 radical (unpaired) electrons. The number of anilines is 1. The summed E-state index contributed by atoms with van der Waals surface area (Å²) in [6.07, 6.45) is 0.988. The van der Waals surface area contributed by atoms with Crippen LogP contribution in [0.3, 0.4) is 0 Å². The van der Waals surface area contributed by atoms with Gasteiger partial charge in [0.15, 0.2) is 0 Å². The molecule has 126 valence electrons. The van der Waals surface area contributed by atoms with Crippen molar-refractivity contribution in [2.24, 2.45) is 5.41 Å². The molecule has 0 bridgehead atoms. The Morgan fingerprint density at radius 2 is 2.17 bits per heavy atom. The summed E-state index contributed by atoms with van der Waals surface area (Å²) in [6.45, 7) is 8.89. The number of amides is 1. The van der Waals surface area contributed by atoms with Crippen LogP contribution in [0.1, 0.15) is 55.1 Å². The predicted octanol–water partition coefficient (Wildman–Crippen LogP) is 3.52. The average Bonchev–Trinajstić information content (AvgIpc) is 2.86. The Balaban J connectivity index is 1.70. The van der Waals surface area contributed by atoms with E-state index in [4.69, 9.17) is 4.74 Å². The molecule has 1 amide bonds. The van der Waals surface area contributed by atoms with Crippen molar-refractivity contribution in [3.05, 3.63) is 40.7 Å². The van der Waals surface area contributed by atoms with E-state index in [0.29, 0.717) is 17.8 Å². The molecular weight excluding hydrogens is 302 g/mol. The van der Waals surface area contributed by atoms with Crippen molar-refractivity contribution in [2.75, 3.05) is 11.9 Å². The van der Waals surface area contributed by atoms with Gasteiger partial charge in [-0.25, -0.2) is 4.98 Å². The molecule has 1 aliphatic carbocycles. The monoisotopic (exact) mass is 325 g/mol. The van der Waals surface area contributed by atoms with Gasteiger partial charge in [-0.1, -0.05) is 26.0 Å². The lowest BCUT2D eigenvalue weighted by molar-refractivity contribution is -0.114. The molecule has 2 N–H and O–H groups in total. The molecule has 1 aliphatic heterocycles. The summed E-state index contributed by atoms with van der Waals surface area (Å²) in [7, 11) is 0. The Morgan fingerprint density at radius 3 is 2.92 bits per heavy atom. The number of rotatable bonds is 3. The minimum absolute atomic E-state index is 0.111. The van der Waals surface area contributed by atoms with Gasteiger partial charge in [0.05, 0.1) is 12.3 Å². The maximum Gasteiger partial charge on any atom is 0.223 e. The molecule has 2 atom stereocenters. The predicted molar refractivity (Wildman–Crippen MR) is 92.5 cm³/mol. The Morgan fingerprint density at radius 1 is 1.38 bits per heavy atom. The van der Waals surface area contributed by atoms with Crippen LogP contribution < -0.4 is 10.1 Å². The van der Waals surface area contributed by atoms with Crippen molar-refractivity contribution >= 4 is 11.9 Å². The molecule has 5 heteroatoms. The highest BCUT2D eigenvalue weighted by Gasteiger charge is 2.61. The first kappa shape index (κ1) is 15.2. The second-order valence-corrected chi connectivity index (χ2v) is 7.48. The number of aromatic nitrogens is 2. The lowest BCUT2D eigenvalue weighted by atomic mass is 9.96. The van der Waals surface area contributed by atoms with Gasteiger partial charge in [-0.3, -0.25) is 10.1 Å². The Kier molecular flexibility index (Phi) is 3.24. The van der Waals surface area contributed by atoms with Gasteiger partial charge in [0.2, 0.25) is 11.9 Å². The van der Waals surface area contributed by atoms with Crippen LogP contribution in [0.2, 0.25) is 0 Å². The molecular formula is C19H23N3O2. The Labute approximate surface area is 141 Å². The highest BCUT2D eigenvalue weighted by atomic mass is 16.5. The summed E-state index contributed by atoms with van der Waals surface area (Å²) < 4.78 is 5.73. The molecule has 0 spiro atoms. The molecule has 5 nitrogen and oxygen atoms in total. The van der Waals surface area contributed by atoms with Crippen molar-refractivity contribution < 1.29 is 9.53 Å². The summed E-state index contributed by atoms with van der Waals surface area (Å²) in [5.41, 5.74) is 4.98. The van der Waals surface area contributed by atoms with Crippen molar-refractivity contribution in [2.45, 2.75) is 46.0 Å². The first-order valence-electron chi connectivity index (χ1n) is 8.48. The highest BCUT2D eigenvalue weighted by molar-refractivity contribution is 5.86. The zero-order valence-electron chi connectivity index (χ0n) is 14.6. The molecule has 0 saturated heterocycles. The van der Waals surface area contributed by atoms with Crippen molar-refractivity contribution in [1.82, 2.24) is 9.97 Å². The van der Waals surface area contributed by atoms with E-state index in [0.717, 1.165) is 30.2 Å². The molecule has 1 saturated carbocycles. The molecule has 2 aliphatic rings. The van der Waals surface area contributed by atoms with Crippen LogP contribution in [0, 0.1) is 12.3 Å². The van der Waals surface area contributed by atoms with Crippen molar-refractivity contribution in [3.8, 4) is 5.75 Å². The van der Waals surface area contributed by atoms with Gasteiger partial charge >= 0.3 is 0 Å². The van der Waals surface area contributed by atoms with Crippen molar-refractivity contribution in [1.29, 1.82) is 0 Å². The summed E-state index contributed by atoms with van der Waals surface area (Å²) in [4.78, 5) is 19.1. The van der Waals surface area contributed by atoms with Gasteiger partial charge in [0.1, 0.15) is 5.75 Å². The van der Waals surface area contributed by atoms with Crippen LogP contribution in [-0.2, 0) is 11.2 Å². The van der Waals surface area contributed by atoms with Crippen LogP contribution in [0.5, 0.6) is 5.75 Å². The largest absolute Gasteiger partial charge is 0.493 e. The first-order chi connectivity index (χ1) is 11.4. The van der Waals surface area contributed by atoms with Crippen LogP contribution in [0.15, 0.2) is 18.2 Å². The van der Waals surface area contributed by atoms with Gasteiger partial charge in [-0.05, 0) is 29.9 Å². The van der Waals surface area contributed by atoms with Gasteiger partial charge in [0.25, 0.3) is 0 Å². The molecule has 1 aromatic carbocycles. The number of hydrogen-bond donors (Lipinski definition) is 2. The van der Waals surface area contributed by atoms with E-state index in [9.17, 15) is 4.79 Å². The number of carbonyl (C=O) groups is 1. The maximum absolute atomic E-state index is 11.3. The number of carbonyl (C=O) groups excluding carboxylic acids is 1. The fourth-order valence-electron chi connectivity index (χ4n) is 4.27. The molecule has 2 aromatic rings. The number of hydrogen-bond acceptors (Lipinski definition) is 3. The lowest BCUT2D eigenvalue weighted by Gasteiger charge is -2.08. The Hall–Kier alpha value is -2.30. The number of aryl methyl sites for hydroxylation is 1. The maximum atomic E-state index is 11.3. The summed E-state index contributed by atoms with van der Waals surface area (Å²) >= 11 is 0. The fourth-order valence-corrected chi connectivity index (χ4v) is 4.27. The van der Waals surface area contributed by atoms with Gasteiger partial charge in [-0.2, -0.15) is 0 Å². The third kappa shape index (κ3) is 2.22. The number of nitrogens with one attached hydrogen (secondary N) is 2. The second-order valence-electron chi connectivity index (χ2n) is 7.48. The smallest absolute Gasteiger partial charge is 0.223 e. The zero-order valence-corrected chi connectivity index (χ0v) is 14.6. The lowest BCUT2D eigenvalue weighted by Crippen LogP contribution is -2.07. The van der Waals surface area contributed by atoms with E-state index >= 15 is 0 Å². The number of H-pyrrole nitrogens is 1. The van der Waals surface area contributed by atoms with Crippen LogP contribution in [0.4, 0.5) is 5.95 Å². The van der Waals surface area contributed by atoms with E-state index in [1.54, 1.807) is 0 Å². The number of nitrogens with zero attached hydrogens (tertiary/aromatic N) is 1. The van der Waals surface area contributed by atoms with Crippen LogP contribution in [-0.4, -0.2) is 22.5 Å². The zero-order chi connectivity index (χ0) is 17.1. The van der Waals surface area contributed by atoms with Crippen LogP contribution >= 0.6 is 0 Å². The topological polar surface area (TPSA) is 67.0 Å². The first-order valence-corrected chi connectivity index (χ1v) is 8.48. The number of ether oxygens (including phenoxy) is 1. The fraction of sp³-hybridized carbons (Fsp3) is 0.474. The highest BCUT2D eigenvalue weighted by Crippen LogP contribution is 2.70. The van der Waals surface area contributed by atoms with E-state index in [-0.39, 0.29) is 11.3 Å². The summed E-state index contributed by atoms with van der Waals surface area (Å²) in [5, 5.41) is 2.75. The SMILES string of the molecule is CC(=O)Nc1nc([C@@H]2[C@@H](c3cccc4c3CCO4)C2(C)C)c(C)[nH]1. The number of aromatic amines is 1. The van der Waals surface area contributed by atoms with Gasteiger partial charge < -0.3 is 9.72 Å². The third-order valence-corrected chi connectivity index (χ3v) is 5.45. The van der Waals surface area contributed by atoms with Gasteiger partial charge in [0, 0.05) is 30.5 Å². The van der Waals surface area contributed by atoms with E-state index in [2.05, 4.69) is 47.3 Å². The van der Waals surface area contributed by atoms with E-state index < -0.39 is 0 Å². The van der Waals surface area contributed by atoms with E-state index in [1.807, 2.05) is 6.92 Å². The normalized spacial score (nSPS) is 23.5. The average molecular weight is 325 g/mol. The number of fused-ring (bicyclic) bond motifs is 1. The molecule has 2 heterocycles.